The Morgan fingerprint density at radius 2 is 1.72 bits per heavy atom. The zero-order valence-electron chi connectivity index (χ0n) is 15.9. The molecule has 3 amide bonds. The summed E-state index contributed by atoms with van der Waals surface area (Å²) in [5.41, 5.74) is 1.33. The fraction of sp³-hybridized carbons (Fsp3) is 0.238. The average molecular weight is 462 g/mol. The number of urea groups is 1. The highest BCUT2D eigenvalue weighted by atomic mass is 79.9. The van der Waals surface area contributed by atoms with E-state index in [0.29, 0.717) is 37.6 Å². The first-order chi connectivity index (χ1) is 14.0. The van der Waals surface area contributed by atoms with Gasteiger partial charge in [0.1, 0.15) is 11.6 Å². The number of benzene rings is 2. The molecule has 3 rings (SSSR count). The fourth-order valence-electron chi connectivity index (χ4n) is 2.97. The second-order valence-electron chi connectivity index (χ2n) is 6.47. The van der Waals surface area contributed by atoms with Gasteiger partial charge in [-0.25, -0.2) is 9.18 Å². The standard InChI is InChI=1S/C21H21BrFN3O3/c1-29-19-8-3-16(22)14-15(19)2-9-20(27)25-10-12-26(13-11-25)21(28)24-18-6-4-17(23)5-7-18/h2-9,14H,10-13H2,1H3,(H,24,28)/b9-2+. The maximum absolute atomic E-state index is 13.0. The summed E-state index contributed by atoms with van der Waals surface area (Å²) < 4.78 is 19.2. The summed E-state index contributed by atoms with van der Waals surface area (Å²) in [5, 5.41) is 2.73. The summed E-state index contributed by atoms with van der Waals surface area (Å²) in [5.74, 6) is 0.203. The maximum Gasteiger partial charge on any atom is 0.321 e. The first-order valence-electron chi connectivity index (χ1n) is 9.08. The van der Waals surface area contributed by atoms with Crippen molar-refractivity contribution in [3.63, 3.8) is 0 Å². The van der Waals surface area contributed by atoms with Crippen molar-refractivity contribution in [3.05, 3.63) is 64.4 Å². The Kier molecular flexibility index (Phi) is 6.87. The van der Waals surface area contributed by atoms with Gasteiger partial charge in [0.25, 0.3) is 0 Å². The summed E-state index contributed by atoms with van der Waals surface area (Å²) in [4.78, 5) is 28.1. The lowest BCUT2D eigenvalue weighted by Crippen LogP contribution is -2.51. The number of rotatable bonds is 4. The molecule has 1 aliphatic rings. The zero-order valence-corrected chi connectivity index (χ0v) is 17.5. The minimum Gasteiger partial charge on any atom is -0.496 e. The predicted octanol–water partition coefficient (Wildman–Crippen LogP) is 3.99. The number of hydrogen-bond acceptors (Lipinski definition) is 3. The SMILES string of the molecule is COc1ccc(Br)cc1/C=C/C(=O)N1CCN(C(=O)Nc2ccc(F)cc2)CC1. The lowest BCUT2D eigenvalue weighted by Gasteiger charge is -2.34. The van der Waals surface area contributed by atoms with Crippen molar-refractivity contribution in [1.82, 2.24) is 9.80 Å². The first-order valence-corrected chi connectivity index (χ1v) is 9.87. The molecule has 2 aromatic rings. The number of ether oxygens (including phenoxy) is 1. The van der Waals surface area contributed by atoms with Crippen LogP contribution in [-0.4, -0.2) is 55.0 Å². The van der Waals surface area contributed by atoms with E-state index >= 15 is 0 Å². The van der Waals surface area contributed by atoms with Gasteiger partial charge >= 0.3 is 6.03 Å². The number of piperazine rings is 1. The third kappa shape index (κ3) is 5.57. The number of methoxy groups -OCH3 is 1. The van der Waals surface area contributed by atoms with Gasteiger partial charge in [-0.05, 0) is 48.5 Å². The third-order valence-electron chi connectivity index (χ3n) is 4.57. The van der Waals surface area contributed by atoms with Crippen LogP contribution in [0.5, 0.6) is 5.75 Å². The van der Waals surface area contributed by atoms with E-state index in [-0.39, 0.29) is 17.8 Å². The molecular formula is C21H21BrFN3O3. The molecule has 1 aliphatic heterocycles. The van der Waals surface area contributed by atoms with Crippen molar-refractivity contribution in [2.24, 2.45) is 0 Å². The molecule has 0 bridgehead atoms. The lowest BCUT2D eigenvalue weighted by atomic mass is 10.2. The average Bonchev–Trinajstić information content (AvgIpc) is 2.74. The molecule has 1 N–H and O–H groups in total. The van der Waals surface area contributed by atoms with Gasteiger partial charge in [-0.1, -0.05) is 15.9 Å². The molecule has 8 heteroatoms. The summed E-state index contributed by atoms with van der Waals surface area (Å²) in [6, 6.07) is 10.9. The van der Waals surface area contributed by atoms with E-state index in [1.54, 1.807) is 23.0 Å². The zero-order chi connectivity index (χ0) is 20.8. The molecule has 6 nitrogen and oxygen atoms in total. The largest absolute Gasteiger partial charge is 0.496 e. The summed E-state index contributed by atoms with van der Waals surface area (Å²) in [7, 11) is 1.58. The highest BCUT2D eigenvalue weighted by molar-refractivity contribution is 9.10. The smallest absolute Gasteiger partial charge is 0.321 e. The van der Waals surface area contributed by atoms with Crippen LogP contribution in [0.3, 0.4) is 0 Å². The minimum absolute atomic E-state index is 0.120. The molecule has 0 aromatic heterocycles. The lowest BCUT2D eigenvalue weighted by molar-refractivity contribution is -0.127. The Balaban J connectivity index is 1.53. The number of hydrogen-bond donors (Lipinski definition) is 1. The van der Waals surface area contributed by atoms with Crippen molar-refractivity contribution in [3.8, 4) is 5.75 Å². The number of halogens is 2. The molecule has 29 heavy (non-hydrogen) atoms. The first kappa shape index (κ1) is 20.9. The summed E-state index contributed by atoms with van der Waals surface area (Å²) >= 11 is 3.41. The van der Waals surface area contributed by atoms with Crippen LogP contribution in [0.1, 0.15) is 5.56 Å². The molecule has 0 spiro atoms. The highest BCUT2D eigenvalue weighted by Gasteiger charge is 2.23. The number of carbonyl (C=O) groups is 2. The Morgan fingerprint density at radius 3 is 2.38 bits per heavy atom. The Hall–Kier alpha value is -2.87. The number of anilines is 1. The van der Waals surface area contributed by atoms with Crippen LogP contribution in [-0.2, 0) is 4.79 Å². The van der Waals surface area contributed by atoms with Crippen molar-refractivity contribution < 1.29 is 18.7 Å². The van der Waals surface area contributed by atoms with E-state index in [1.807, 2.05) is 18.2 Å². The third-order valence-corrected chi connectivity index (χ3v) is 5.06. The molecule has 1 saturated heterocycles. The number of amides is 3. The predicted molar refractivity (Wildman–Crippen MR) is 113 cm³/mol. The van der Waals surface area contributed by atoms with Gasteiger partial charge in [-0.15, -0.1) is 0 Å². The van der Waals surface area contributed by atoms with E-state index in [0.717, 1.165) is 10.0 Å². The fourth-order valence-corrected chi connectivity index (χ4v) is 3.35. The van der Waals surface area contributed by atoms with Crippen molar-refractivity contribution in [2.75, 3.05) is 38.6 Å². The van der Waals surface area contributed by atoms with Crippen LogP contribution >= 0.6 is 15.9 Å². The van der Waals surface area contributed by atoms with Crippen LogP contribution in [0.2, 0.25) is 0 Å². The van der Waals surface area contributed by atoms with Crippen LogP contribution in [0.25, 0.3) is 6.08 Å². The normalized spacial score (nSPS) is 14.2. The van der Waals surface area contributed by atoms with Crippen LogP contribution in [0.15, 0.2) is 53.0 Å². The maximum atomic E-state index is 13.0. The van der Waals surface area contributed by atoms with Crippen LogP contribution < -0.4 is 10.1 Å². The van der Waals surface area contributed by atoms with E-state index in [2.05, 4.69) is 21.2 Å². The molecule has 152 valence electrons. The topological polar surface area (TPSA) is 61.9 Å². The Bertz CT molecular complexity index is 910. The number of carbonyl (C=O) groups excluding carboxylic acids is 2. The van der Waals surface area contributed by atoms with E-state index in [1.165, 1.54) is 30.3 Å². The van der Waals surface area contributed by atoms with Crippen LogP contribution in [0.4, 0.5) is 14.9 Å². The van der Waals surface area contributed by atoms with Gasteiger partial charge in [0.15, 0.2) is 0 Å². The van der Waals surface area contributed by atoms with E-state index in [9.17, 15) is 14.0 Å². The van der Waals surface area contributed by atoms with Crippen molar-refractivity contribution in [1.29, 1.82) is 0 Å². The molecule has 1 heterocycles. The molecule has 0 aliphatic carbocycles. The second-order valence-corrected chi connectivity index (χ2v) is 7.38. The Labute approximate surface area is 177 Å². The molecule has 0 unspecified atom stereocenters. The number of nitrogens with one attached hydrogen (secondary N) is 1. The molecular weight excluding hydrogens is 441 g/mol. The van der Waals surface area contributed by atoms with Gasteiger partial charge in [-0.2, -0.15) is 0 Å². The molecule has 0 atom stereocenters. The summed E-state index contributed by atoms with van der Waals surface area (Å²) in [6.07, 6.45) is 3.23. The van der Waals surface area contributed by atoms with Crippen LogP contribution in [0, 0.1) is 5.82 Å². The van der Waals surface area contributed by atoms with Gasteiger partial charge < -0.3 is 19.9 Å². The van der Waals surface area contributed by atoms with Gasteiger partial charge in [0.05, 0.1) is 7.11 Å². The second kappa shape index (κ2) is 9.56. The van der Waals surface area contributed by atoms with Gasteiger partial charge in [0, 0.05) is 48.0 Å². The van der Waals surface area contributed by atoms with E-state index in [4.69, 9.17) is 4.74 Å². The molecule has 2 aromatic carbocycles. The minimum atomic E-state index is -0.358. The summed E-state index contributed by atoms with van der Waals surface area (Å²) in [6.45, 7) is 1.73. The molecule has 1 fully saturated rings. The van der Waals surface area contributed by atoms with Gasteiger partial charge in [0.2, 0.25) is 5.91 Å². The van der Waals surface area contributed by atoms with Gasteiger partial charge in [-0.3, -0.25) is 4.79 Å². The molecule has 0 radical (unpaired) electrons. The number of nitrogens with zero attached hydrogens (tertiary/aromatic N) is 2. The molecule has 0 saturated carbocycles. The Morgan fingerprint density at radius 1 is 1.07 bits per heavy atom. The quantitative estimate of drug-likeness (QED) is 0.700. The van der Waals surface area contributed by atoms with Crippen molar-refractivity contribution in [2.45, 2.75) is 0 Å². The highest BCUT2D eigenvalue weighted by Crippen LogP contribution is 2.24. The monoisotopic (exact) mass is 461 g/mol. The van der Waals surface area contributed by atoms with Crippen molar-refractivity contribution >= 4 is 39.6 Å². The van der Waals surface area contributed by atoms with E-state index < -0.39 is 0 Å².